The van der Waals surface area contributed by atoms with Gasteiger partial charge in [-0.15, -0.1) is 0 Å². The van der Waals surface area contributed by atoms with Crippen molar-refractivity contribution in [1.29, 1.82) is 0 Å². The highest BCUT2D eigenvalue weighted by Crippen LogP contribution is 2.09. The molecule has 2 heterocycles. The highest BCUT2D eigenvalue weighted by Gasteiger charge is 2.13. The third-order valence-electron chi connectivity index (χ3n) is 3.64. The van der Waals surface area contributed by atoms with E-state index in [1.165, 1.54) is 0 Å². The molecule has 0 fully saturated rings. The lowest BCUT2D eigenvalue weighted by Crippen LogP contribution is -2.27. The summed E-state index contributed by atoms with van der Waals surface area (Å²) in [5.41, 5.74) is 1.55. The van der Waals surface area contributed by atoms with Gasteiger partial charge in [0.05, 0.1) is 23.8 Å². The summed E-state index contributed by atoms with van der Waals surface area (Å²) in [5, 5.41) is 0. The molecule has 6 nitrogen and oxygen atoms in total. The predicted octanol–water partition coefficient (Wildman–Crippen LogP) is 2.11. The molecule has 3 rings (SSSR count). The smallest absolute Gasteiger partial charge is 0.270 e. The Morgan fingerprint density at radius 2 is 2.09 bits per heavy atom. The fourth-order valence-corrected chi connectivity index (χ4v) is 2.38. The number of fused-ring (bicyclic) bond motifs is 1. The van der Waals surface area contributed by atoms with Crippen molar-refractivity contribution in [1.82, 2.24) is 14.9 Å². The van der Waals surface area contributed by atoms with Crippen molar-refractivity contribution in [2.75, 3.05) is 7.05 Å². The van der Waals surface area contributed by atoms with Crippen LogP contribution in [0, 0.1) is 0 Å². The van der Waals surface area contributed by atoms with Gasteiger partial charge in [-0.25, -0.2) is 4.98 Å². The number of carbonyl (C=O) groups excluding carboxylic acids is 1. The van der Waals surface area contributed by atoms with E-state index >= 15 is 0 Å². The summed E-state index contributed by atoms with van der Waals surface area (Å²) < 4.78 is 5.22. The molecule has 0 spiro atoms. The molecular weight excluding hydrogens is 294 g/mol. The quantitative estimate of drug-likeness (QED) is 0.782. The number of hydrogen-bond donors (Lipinski definition) is 1. The first kappa shape index (κ1) is 15.0. The largest absolute Gasteiger partial charge is 0.467 e. The lowest BCUT2D eigenvalue weighted by atomic mass is 10.2. The Labute approximate surface area is 132 Å². The number of hydrogen-bond acceptors (Lipinski definition) is 4. The highest BCUT2D eigenvalue weighted by atomic mass is 16.3. The van der Waals surface area contributed by atoms with Crippen LogP contribution >= 0.6 is 0 Å². The Balaban J connectivity index is 1.66. The van der Waals surface area contributed by atoms with Crippen LogP contribution in [0.3, 0.4) is 0 Å². The normalized spacial score (nSPS) is 10.8. The number of amides is 1. The van der Waals surface area contributed by atoms with Crippen LogP contribution in [0.15, 0.2) is 51.9 Å². The molecule has 0 aliphatic rings. The number of aromatic amines is 1. The van der Waals surface area contributed by atoms with Crippen LogP contribution in [0.2, 0.25) is 0 Å². The Morgan fingerprint density at radius 3 is 2.87 bits per heavy atom. The van der Waals surface area contributed by atoms with Gasteiger partial charge in [-0.1, -0.05) is 12.1 Å². The Kier molecular flexibility index (Phi) is 4.23. The second-order valence-corrected chi connectivity index (χ2v) is 5.36. The molecule has 0 aliphatic heterocycles. The van der Waals surface area contributed by atoms with Crippen molar-refractivity contribution in [2.24, 2.45) is 0 Å². The van der Waals surface area contributed by atoms with E-state index in [4.69, 9.17) is 4.42 Å². The molecule has 0 bridgehead atoms. The molecule has 23 heavy (non-hydrogen) atoms. The number of aryl methyl sites for hydroxylation is 1. The molecule has 0 atom stereocenters. The number of benzene rings is 1. The standard InChI is InChI=1S/C17H17N3O3/c1-20(11-12-5-4-10-23-12)16(21)9-8-15-17(22)19-14-7-3-2-6-13(14)18-15/h2-7,10H,8-9,11H2,1H3,(H,19,22). The topological polar surface area (TPSA) is 79.2 Å². The maximum absolute atomic E-state index is 12.2. The van der Waals surface area contributed by atoms with Crippen molar-refractivity contribution < 1.29 is 9.21 Å². The number of para-hydroxylation sites is 2. The van der Waals surface area contributed by atoms with E-state index < -0.39 is 0 Å². The van der Waals surface area contributed by atoms with Crippen molar-refractivity contribution in [3.8, 4) is 0 Å². The zero-order valence-electron chi connectivity index (χ0n) is 12.8. The predicted molar refractivity (Wildman–Crippen MR) is 85.9 cm³/mol. The number of carbonyl (C=O) groups is 1. The Hall–Kier alpha value is -2.89. The number of nitrogens with one attached hydrogen (secondary N) is 1. The number of nitrogens with zero attached hydrogens (tertiary/aromatic N) is 2. The average molecular weight is 311 g/mol. The fourth-order valence-electron chi connectivity index (χ4n) is 2.38. The van der Waals surface area contributed by atoms with Gasteiger partial charge >= 0.3 is 0 Å². The fraction of sp³-hybridized carbons (Fsp3) is 0.235. The third kappa shape index (κ3) is 3.48. The van der Waals surface area contributed by atoms with Gasteiger partial charge < -0.3 is 14.3 Å². The highest BCUT2D eigenvalue weighted by molar-refractivity contribution is 5.76. The number of rotatable bonds is 5. The molecule has 0 saturated heterocycles. The maximum atomic E-state index is 12.2. The molecular formula is C17H17N3O3. The minimum atomic E-state index is -0.245. The summed E-state index contributed by atoms with van der Waals surface area (Å²) >= 11 is 0. The lowest BCUT2D eigenvalue weighted by molar-refractivity contribution is -0.130. The lowest BCUT2D eigenvalue weighted by Gasteiger charge is -2.15. The summed E-state index contributed by atoms with van der Waals surface area (Å²) in [4.78, 5) is 32.9. The van der Waals surface area contributed by atoms with Gasteiger partial charge in [0.2, 0.25) is 5.91 Å². The van der Waals surface area contributed by atoms with Crippen LogP contribution in [0.25, 0.3) is 11.0 Å². The van der Waals surface area contributed by atoms with Gasteiger partial charge in [0.15, 0.2) is 0 Å². The SMILES string of the molecule is CN(Cc1ccco1)C(=O)CCc1nc2ccccc2[nH]c1=O. The van der Waals surface area contributed by atoms with E-state index in [2.05, 4.69) is 9.97 Å². The van der Waals surface area contributed by atoms with Gasteiger partial charge in [0.25, 0.3) is 5.56 Å². The maximum Gasteiger partial charge on any atom is 0.270 e. The zero-order chi connectivity index (χ0) is 16.2. The van der Waals surface area contributed by atoms with E-state index in [0.717, 1.165) is 11.3 Å². The summed E-state index contributed by atoms with van der Waals surface area (Å²) in [6.45, 7) is 0.410. The van der Waals surface area contributed by atoms with Crippen molar-refractivity contribution >= 4 is 16.9 Å². The molecule has 0 saturated carbocycles. The molecule has 118 valence electrons. The molecule has 0 radical (unpaired) electrons. The van der Waals surface area contributed by atoms with Gasteiger partial charge in [0.1, 0.15) is 11.5 Å². The first-order valence-corrected chi connectivity index (χ1v) is 7.38. The molecule has 1 amide bonds. The first-order valence-electron chi connectivity index (χ1n) is 7.38. The van der Waals surface area contributed by atoms with Gasteiger partial charge in [-0.3, -0.25) is 9.59 Å². The van der Waals surface area contributed by atoms with Crippen molar-refractivity contribution in [3.63, 3.8) is 0 Å². The van der Waals surface area contributed by atoms with Gasteiger partial charge in [0, 0.05) is 19.9 Å². The summed E-state index contributed by atoms with van der Waals surface area (Å²) in [6, 6.07) is 10.9. The molecule has 1 aromatic carbocycles. The zero-order valence-corrected chi connectivity index (χ0v) is 12.8. The van der Waals surface area contributed by atoms with E-state index in [1.807, 2.05) is 24.3 Å². The van der Waals surface area contributed by atoms with Crippen LogP contribution in [0.1, 0.15) is 17.9 Å². The Morgan fingerprint density at radius 1 is 1.26 bits per heavy atom. The van der Waals surface area contributed by atoms with E-state index in [1.54, 1.807) is 30.3 Å². The second-order valence-electron chi connectivity index (χ2n) is 5.36. The van der Waals surface area contributed by atoms with Crippen LogP contribution < -0.4 is 5.56 Å². The summed E-state index contributed by atoms with van der Waals surface area (Å²) in [5.74, 6) is 0.665. The Bertz CT molecular complexity index is 868. The van der Waals surface area contributed by atoms with E-state index in [9.17, 15) is 9.59 Å². The molecule has 6 heteroatoms. The van der Waals surface area contributed by atoms with Crippen molar-refractivity contribution in [2.45, 2.75) is 19.4 Å². The molecule has 0 unspecified atom stereocenters. The number of furan rings is 1. The first-order chi connectivity index (χ1) is 11.1. The van der Waals surface area contributed by atoms with Crippen molar-refractivity contribution in [3.05, 3.63) is 64.5 Å². The summed E-state index contributed by atoms with van der Waals surface area (Å²) in [7, 11) is 1.71. The van der Waals surface area contributed by atoms with Gasteiger partial charge in [-0.05, 0) is 24.3 Å². The molecule has 0 aliphatic carbocycles. The van der Waals surface area contributed by atoms with Crippen LogP contribution in [0.4, 0.5) is 0 Å². The second kappa shape index (κ2) is 6.48. The van der Waals surface area contributed by atoms with E-state index in [-0.39, 0.29) is 17.9 Å². The minimum Gasteiger partial charge on any atom is -0.467 e. The average Bonchev–Trinajstić information content (AvgIpc) is 3.05. The number of H-pyrrole nitrogens is 1. The third-order valence-corrected chi connectivity index (χ3v) is 3.64. The van der Waals surface area contributed by atoms with Crippen LogP contribution in [0.5, 0.6) is 0 Å². The molecule has 1 N–H and O–H groups in total. The summed E-state index contributed by atoms with van der Waals surface area (Å²) in [6.07, 6.45) is 2.11. The van der Waals surface area contributed by atoms with Crippen LogP contribution in [-0.2, 0) is 17.8 Å². The molecule has 2 aromatic heterocycles. The van der Waals surface area contributed by atoms with Crippen LogP contribution in [-0.4, -0.2) is 27.8 Å². The molecule has 3 aromatic rings. The minimum absolute atomic E-state index is 0.0595. The number of aromatic nitrogens is 2. The van der Waals surface area contributed by atoms with E-state index in [0.29, 0.717) is 24.2 Å². The monoisotopic (exact) mass is 311 g/mol. The van der Waals surface area contributed by atoms with Gasteiger partial charge in [-0.2, -0.15) is 0 Å².